The van der Waals surface area contributed by atoms with E-state index in [1.807, 2.05) is 6.07 Å². The van der Waals surface area contributed by atoms with Gasteiger partial charge in [-0.15, -0.1) is 0 Å². The van der Waals surface area contributed by atoms with Gasteiger partial charge in [0.1, 0.15) is 5.75 Å². The minimum Gasteiger partial charge on any atom is -0.496 e. The van der Waals surface area contributed by atoms with E-state index >= 15 is 0 Å². The number of morpholine rings is 1. The Morgan fingerprint density at radius 2 is 2.42 bits per heavy atom. The fourth-order valence-electron chi connectivity index (χ4n) is 1.97. The Hall–Kier alpha value is -2.26. The molecule has 1 aliphatic heterocycles. The summed E-state index contributed by atoms with van der Waals surface area (Å²) in [6, 6.07) is 6.92. The van der Waals surface area contributed by atoms with Crippen LogP contribution in [0.4, 0.5) is 5.69 Å². The average Bonchev–Trinajstić information content (AvgIpc) is 2.46. The first-order valence-electron chi connectivity index (χ1n) is 5.89. The van der Waals surface area contributed by atoms with Gasteiger partial charge in [0.25, 0.3) is 5.91 Å². The number of nitrogens with zero attached hydrogens (tertiary/aromatic N) is 2. The second-order valence-corrected chi connectivity index (χ2v) is 4.20. The van der Waals surface area contributed by atoms with Crippen molar-refractivity contribution in [3.8, 4) is 11.8 Å². The summed E-state index contributed by atoms with van der Waals surface area (Å²) < 4.78 is 10.4. The lowest BCUT2D eigenvalue weighted by Gasteiger charge is -2.30. The topological polar surface area (TPSA) is 88.6 Å². The van der Waals surface area contributed by atoms with Crippen LogP contribution < -0.4 is 10.5 Å². The maximum atomic E-state index is 12.4. The number of hydrogen-bond donors (Lipinski definition) is 1. The number of benzene rings is 1. The fraction of sp³-hybridized carbons (Fsp3) is 0.385. The van der Waals surface area contributed by atoms with Gasteiger partial charge in [-0.05, 0) is 18.2 Å². The zero-order valence-corrected chi connectivity index (χ0v) is 10.6. The molecule has 2 rings (SSSR count). The Balaban J connectivity index is 2.24. The van der Waals surface area contributed by atoms with E-state index in [1.165, 1.54) is 7.11 Å². The molecule has 1 atom stereocenters. The van der Waals surface area contributed by atoms with Gasteiger partial charge in [-0.3, -0.25) is 4.79 Å². The van der Waals surface area contributed by atoms with Crippen molar-refractivity contribution in [2.75, 3.05) is 32.5 Å². The van der Waals surface area contributed by atoms with Crippen LogP contribution in [-0.2, 0) is 4.74 Å². The Labute approximate surface area is 111 Å². The predicted octanol–water partition coefficient (Wildman–Crippen LogP) is 0.642. The lowest BCUT2D eigenvalue weighted by atomic mass is 10.1. The zero-order chi connectivity index (χ0) is 13.8. The SMILES string of the molecule is COc1ccc(N)cc1C(=O)N1CCOC(C#N)C1. The van der Waals surface area contributed by atoms with E-state index < -0.39 is 6.10 Å². The van der Waals surface area contributed by atoms with Crippen molar-refractivity contribution in [2.45, 2.75) is 6.10 Å². The summed E-state index contributed by atoms with van der Waals surface area (Å²) >= 11 is 0. The molecule has 2 N–H and O–H groups in total. The Morgan fingerprint density at radius 3 is 3.11 bits per heavy atom. The summed E-state index contributed by atoms with van der Waals surface area (Å²) in [5, 5.41) is 8.85. The molecule has 0 bridgehead atoms. The van der Waals surface area contributed by atoms with Crippen LogP contribution in [0.2, 0.25) is 0 Å². The van der Waals surface area contributed by atoms with Crippen molar-refractivity contribution >= 4 is 11.6 Å². The molecule has 100 valence electrons. The molecule has 0 aromatic heterocycles. The summed E-state index contributed by atoms with van der Waals surface area (Å²) in [7, 11) is 1.50. The van der Waals surface area contributed by atoms with Crippen LogP contribution >= 0.6 is 0 Å². The number of rotatable bonds is 2. The number of ether oxygens (including phenoxy) is 2. The van der Waals surface area contributed by atoms with Crippen molar-refractivity contribution in [2.24, 2.45) is 0 Å². The predicted molar refractivity (Wildman–Crippen MR) is 68.7 cm³/mol. The Morgan fingerprint density at radius 1 is 1.63 bits per heavy atom. The van der Waals surface area contributed by atoms with Crippen LogP contribution in [0.15, 0.2) is 18.2 Å². The third-order valence-electron chi connectivity index (χ3n) is 2.95. The van der Waals surface area contributed by atoms with Gasteiger partial charge >= 0.3 is 0 Å². The second kappa shape index (κ2) is 5.59. The standard InChI is InChI=1S/C13H15N3O3/c1-18-12-3-2-9(15)6-11(12)13(17)16-4-5-19-10(7-14)8-16/h2-3,6,10H,4-5,8,15H2,1H3. The number of nitriles is 1. The smallest absolute Gasteiger partial charge is 0.257 e. The van der Waals surface area contributed by atoms with Crippen molar-refractivity contribution < 1.29 is 14.3 Å². The highest BCUT2D eigenvalue weighted by Crippen LogP contribution is 2.23. The number of anilines is 1. The Kier molecular flexibility index (Phi) is 3.88. The number of nitrogens with two attached hydrogens (primary N) is 1. The maximum absolute atomic E-state index is 12.4. The number of amides is 1. The molecule has 0 saturated carbocycles. The number of hydrogen-bond acceptors (Lipinski definition) is 5. The molecule has 1 heterocycles. The molecule has 1 amide bonds. The van der Waals surface area contributed by atoms with Gasteiger partial charge in [-0.2, -0.15) is 5.26 Å². The van der Waals surface area contributed by atoms with Crippen LogP contribution in [0.5, 0.6) is 5.75 Å². The highest BCUT2D eigenvalue weighted by atomic mass is 16.5. The fourth-order valence-corrected chi connectivity index (χ4v) is 1.97. The largest absolute Gasteiger partial charge is 0.496 e. The van der Waals surface area contributed by atoms with Gasteiger partial charge in [0.2, 0.25) is 0 Å². The van der Waals surface area contributed by atoms with Crippen molar-refractivity contribution in [3.05, 3.63) is 23.8 Å². The minimum atomic E-state index is -0.579. The molecule has 1 aromatic rings. The molecule has 1 fully saturated rings. The van der Waals surface area contributed by atoms with Crippen LogP contribution in [-0.4, -0.2) is 43.7 Å². The molecule has 0 spiro atoms. The molecule has 6 heteroatoms. The molecule has 19 heavy (non-hydrogen) atoms. The second-order valence-electron chi connectivity index (χ2n) is 4.20. The van der Waals surface area contributed by atoms with E-state index in [0.29, 0.717) is 30.2 Å². The van der Waals surface area contributed by atoms with Gasteiger partial charge in [0.15, 0.2) is 6.10 Å². The van der Waals surface area contributed by atoms with Crippen LogP contribution in [0.3, 0.4) is 0 Å². The Bertz CT molecular complexity index is 524. The molecule has 0 aliphatic carbocycles. The van der Waals surface area contributed by atoms with Crippen molar-refractivity contribution in [3.63, 3.8) is 0 Å². The van der Waals surface area contributed by atoms with E-state index in [4.69, 9.17) is 20.5 Å². The summed E-state index contributed by atoms with van der Waals surface area (Å²) in [5.74, 6) is 0.270. The number of carbonyl (C=O) groups is 1. The number of methoxy groups -OCH3 is 1. The number of carbonyl (C=O) groups excluding carboxylic acids is 1. The molecule has 6 nitrogen and oxygen atoms in total. The van der Waals surface area contributed by atoms with Gasteiger partial charge in [0.05, 0.1) is 31.9 Å². The third-order valence-corrected chi connectivity index (χ3v) is 2.95. The normalized spacial score (nSPS) is 18.7. The van der Waals surface area contributed by atoms with Gasteiger partial charge in [-0.25, -0.2) is 0 Å². The molecule has 1 unspecified atom stereocenters. The van der Waals surface area contributed by atoms with Crippen molar-refractivity contribution in [1.82, 2.24) is 4.90 Å². The lowest BCUT2D eigenvalue weighted by Crippen LogP contribution is -2.45. The molecule has 0 radical (unpaired) electrons. The first-order chi connectivity index (χ1) is 9.15. The van der Waals surface area contributed by atoms with E-state index in [1.54, 1.807) is 23.1 Å². The van der Waals surface area contributed by atoms with Crippen LogP contribution in [0.1, 0.15) is 10.4 Å². The zero-order valence-electron chi connectivity index (χ0n) is 10.6. The number of nitrogen functional groups attached to an aromatic ring is 1. The molecule has 1 saturated heterocycles. The highest BCUT2D eigenvalue weighted by molar-refractivity contribution is 5.98. The first-order valence-corrected chi connectivity index (χ1v) is 5.89. The minimum absolute atomic E-state index is 0.201. The van der Waals surface area contributed by atoms with E-state index in [-0.39, 0.29) is 12.5 Å². The maximum Gasteiger partial charge on any atom is 0.257 e. The van der Waals surface area contributed by atoms with E-state index in [2.05, 4.69) is 0 Å². The average molecular weight is 261 g/mol. The molecule has 1 aliphatic rings. The van der Waals surface area contributed by atoms with Crippen LogP contribution in [0, 0.1) is 11.3 Å². The lowest BCUT2D eigenvalue weighted by molar-refractivity contribution is 0.00334. The van der Waals surface area contributed by atoms with Crippen LogP contribution in [0.25, 0.3) is 0 Å². The van der Waals surface area contributed by atoms with Crippen molar-refractivity contribution in [1.29, 1.82) is 5.26 Å². The summed E-state index contributed by atoms with van der Waals surface area (Å²) in [6.07, 6.45) is -0.579. The van der Waals surface area contributed by atoms with E-state index in [0.717, 1.165) is 0 Å². The third kappa shape index (κ3) is 2.77. The quantitative estimate of drug-likeness (QED) is 0.789. The summed E-state index contributed by atoms with van der Waals surface area (Å²) in [6.45, 7) is 1.07. The summed E-state index contributed by atoms with van der Waals surface area (Å²) in [5.41, 5.74) is 6.60. The van der Waals surface area contributed by atoms with E-state index in [9.17, 15) is 4.79 Å². The first kappa shape index (κ1) is 13.2. The molecule has 1 aromatic carbocycles. The monoisotopic (exact) mass is 261 g/mol. The summed E-state index contributed by atoms with van der Waals surface area (Å²) in [4.78, 5) is 14.0. The van der Waals surface area contributed by atoms with Gasteiger partial charge in [-0.1, -0.05) is 0 Å². The highest BCUT2D eigenvalue weighted by Gasteiger charge is 2.26. The van der Waals surface area contributed by atoms with Gasteiger partial charge < -0.3 is 20.1 Å². The molecular weight excluding hydrogens is 246 g/mol. The molecular formula is C13H15N3O3. The van der Waals surface area contributed by atoms with Gasteiger partial charge in [0, 0.05) is 12.2 Å².